The Kier molecular flexibility index (Phi) is 3.98. The molecule has 1 aromatic carbocycles. The summed E-state index contributed by atoms with van der Waals surface area (Å²) in [4.78, 5) is 13.6. The molecule has 4 heteroatoms. The zero-order valence-corrected chi connectivity index (χ0v) is 10.1. The Labute approximate surface area is 102 Å². The second-order valence-corrected chi connectivity index (χ2v) is 4.03. The highest BCUT2D eigenvalue weighted by atomic mass is 16.5. The van der Waals surface area contributed by atoms with Crippen LogP contribution in [-0.2, 0) is 9.53 Å². The third-order valence-electron chi connectivity index (χ3n) is 2.73. The third kappa shape index (κ3) is 2.77. The Morgan fingerprint density at radius 1 is 1.35 bits per heavy atom. The molecular formula is C13H18N2O2. The number of hydrogen-bond donors (Lipinski definition) is 1. The predicted octanol–water partition coefficient (Wildman–Crippen LogP) is 1.87. The molecule has 0 unspecified atom stereocenters. The van der Waals surface area contributed by atoms with Crippen molar-refractivity contribution in [2.24, 2.45) is 0 Å². The molecule has 0 atom stereocenters. The van der Waals surface area contributed by atoms with Gasteiger partial charge in [-0.2, -0.15) is 0 Å². The van der Waals surface area contributed by atoms with E-state index in [0.29, 0.717) is 19.7 Å². The standard InChI is InChI=1S/C13H18N2O2/c1-2-8-17-9-7-15-12-6-4-3-5-11(12)14-10-13(15)16/h3-6,14H,2,7-10H2,1H3. The predicted molar refractivity (Wildman–Crippen MR) is 68.4 cm³/mol. The number of nitrogens with one attached hydrogen (secondary N) is 1. The molecule has 1 aliphatic heterocycles. The lowest BCUT2D eigenvalue weighted by molar-refractivity contribution is -0.117. The minimum atomic E-state index is 0.101. The molecule has 0 spiro atoms. The van der Waals surface area contributed by atoms with E-state index in [0.717, 1.165) is 24.4 Å². The summed E-state index contributed by atoms with van der Waals surface area (Å²) in [6.45, 7) is 4.41. The van der Waals surface area contributed by atoms with Crippen LogP contribution >= 0.6 is 0 Å². The van der Waals surface area contributed by atoms with Crippen LogP contribution in [0.1, 0.15) is 13.3 Å². The van der Waals surface area contributed by atoms with Crippen LogP contribution in [0.15, 0.2) is 24.3 Å². The van der Waals surface area contributed by atoms with Crippen LogP contribution in [0.25, 0.3) is 0 Å². The number of amides is 1. The number of fused-ring (bicyclic) bond motifs is 1. The van der Waals surface area contributed by atoms with E-state index in [1.54, 1.807) is 4.90 Å². The van der Waals surface area contributed by atoms with Gasteiger partial charge in [-0.05, 0) is 18.6 Å². The number of hydrogen-bond acceptors (Lipinski definition) is 3. The summed E-state index contributed by atoms with van der Waals surface area (Å²) in [7, 11) is 0. The van der Waals surface area contributed by atoms with Gasteiger partial charge in [0.1, 0.15) is 0 Å². The minimum Gasteiger partial charge on any atom is -0.380 e. The van der Waals surface area contributed by atoms with Gasteiger partial charge < -0.3 is 15.0 Å². The number of rotatable bonds is 5. The fourth-order valence-electron chi connectivity index (χ4n) is 1.91. The molecule has 4 nitrogen and oxygen atoms in total. The van der Waals surface area contributed by atoms with Gasteiger partial charge in [0, 0.05) is 13.2 Å². The van der Waals surface area contributed by atoms with Gasteiger partial charge in [0.2, 0.25) is 5.91 Å². The van der Waals surface area contributed by atoms with Gasteiger partial charge in [-0.25, -0.2) is 0 Å². The van der Waals surface area contributed by atoms with E-state index in [9.17, 15) is 4.79 Å². The lowest BCUT2D eigenvalue weighted by Gasteiger charge is -2.30. The molecule has 0 bridgehead atoms. The smallest absolute Gasteiger partial charge is 0.246 e. The van der Waals surface area contributed by atoms with Crippen molar-refractivity contribution in [1.29, 1.82) is 0 Å². The quantitative estimate of drug-likeness (QED) is 0.791. The summed E-state index contributed by atoms with van der Waals surface area (Å²) in [5.41, 5.74) is 1.96. The molecule has 1 aliphatic rings. The monoisotopic (exact) mass is 234 g/mol. The number of carbonyl (C=O) groups excluding carboxylic acids is 1. The van der Waals surface area contributed by atoms with Crippen LogP contribution in [0.3, 0.4) is 0 Å². The fraction of sp³-hybridized carbons (Fsp3) is 0.462. The molecule has 1 N–H and O–H groups in total. The molecule has 0 aromatic heterocycles. The van der Waals surface area contributed by atoms with Gasteiger partial charge in [0.15, 0.2) is 0 Å². The number of benzene rings is 1. The van der Waals surface area contributed by atoms with E-state index >= 15 is 0 Å². The van der Waals surface area contributed by atoms with Crippen molar-refractivity contribution in [3.8, 4) is 0 Å². The van der Waals surface area contributed by atoms with Crippen LogP contribution < -0.4 is 10.2 Å². The Hall–Kier alpha value is -1.55. The van der Waals surface area contributed by atoms with E-state index in [2.05, 4.69) is 12.2 Å². The topological polar surface area (TPSA) is 41.6 Å². The van der Waals surface area contributed by atoms with Crippen LogP contribution in [0.4, 0.5) is 11.4 Å². The maximum atomic E-state index is 11.8. The first kappa shape index (κ1) is 11.9. The van der Waals surface area contributed by atoms with Crippen LogP contribution in [0.2, 0.25) is 0 Å². The van der Waals surface area contributed by atoms with Gasteiger partial charge >= 0.3 is 0 Å². The second-order valence-electron chi connectivity index (χ2n) is 4.03. The van der Waals surface area contributed by atoms with Crippen molar-refractivity contribution < 1.29 is 9.53 Å². The van der Waals surface area contributed by atoms with E-state index in [1.165, 1.54) is 0 Å². The van der Waals surface area contributed by atoms with Gasteiger partial charge in [0.25, 0.3) is 0 Å². The number of para-hydroxylation sites is 2. The highest BCUT2D eigenvalue weighted by Gasteiger charge is 2.22. The van der Waals surface area contributed by atoms with Crippen LogP contribution in [0.5, 0.6) is 0 Å². The molecular weight excluding hydrogens is 216 g/mol. The van der Waals surface area contributed by atoms with Crippen molar-refractivity contribution in [2.75, 3.05) is 36.5 Å². The molecule has 0 fully saturated rings. The van der Waals surface area contributed by atoms with Crippen LogP contribution in [0, 0.1) is 0 Å². The molecule has 2 rings (SSSR count). The third-order valence-corrected chi connectivity index (χ3v) is 2.73. The number of anilines is 2. The van der Waals surface area contributed by atoms with Crippen molar-refractivity contribution in [1.82, 2.24) is 0 Å². The number of ether oxygens (including phenoxy) is 1. The molecule has 92 valence electrons. The zero-order chi connectivity index (χ0) is 12.1. The van der Waals surface area contributed by atoms with Gasteiger partial charge in [-0.3, -0.25) is 4.79 Å². The summed E-state index contributed by atoms with van der Waals surface area (Å²) >= 11 is 0. The molecule has 17 heavy (non-hydrogen) atoms. The molecule has 1 amide bonds. The van der Waals surface area contributed by atoms with Gasteiger partial charge in [-0.15, -0.1) is 0 Å². The highest BCUT2D eigenvalue weighted by molar-refractivity contribution is 6.02. The fourth-order valence-corrected chi connectivity index (χ4v) is 1.91. The molecule has 0 saturated heterocycles. The van der Waals surface area contributed by atoms with E-state index in [4.69, 9.17) is 4.74 Å². The maximum Gasteiger partial charge on any atom is 0.246 e. The van der Waals surface area contributed by atoms with Crippen molar-refractivity contribution >= 4 is 17.3 Å². The normalized spacial score (nSPS) is 14.4. The average molecular weight is 234 g/mol. The summed E-state index contributed by atoms with van der Waals surface area (Å²) in [5.74, 6) is 0.101. The Morgan fingerprint density at radius 3 is 3.00 bits per heavy atom. The molecule has 0 aliphatic carbocycles. The zero-order valence-electron chi connectivity index (χ0n) is 10.1. The van der Waals surface area contributed by atoms with E-state index < -0.39 is 0 Å². The molecule has 1 heterocycles. The summed E-state index contributed by atoms with van der Waals surface area (Å²) in [6.07, 6.45) is 1.01. The Balaban J connectivity index is 2.02. The van der Waals surface area contributed by atoms with E-state index in [1.807, 2.05) is 24.3 Å². The second kappa shape index (κ2) is 5.68. The van der Waals surface area contributed by atoms with Crippen LogP contribution in [-0.4, -0.2) is 32.2 Å². The highest BCUT2D eigenvalue weighted by Crippen LogP contribution is 2.28. The first-order chi connectivity index (χ1) is 8.33. The lowest BCUT2D eigenvalue weighted by atomic mass is 10.2. The van der Waals surface area contributed by atoms with Crippen molar-refractivity contribution in [3.63, 3.8) is 0 Å². The van der Waals surface area contributed by atoms with Crippen molar-refractivity contribution in [3.05, 3.63) is 24.3 Å². The summed E-state index contributed by atoms with van der Waals surface area (Å²) in [5, 5.41) is 3.11. The average Bonchev–Trinajstić information content (AvgIpc) is 2.37. The maximum absolute atomic E-state index is 11.8. The van der Waals surface area contributed by atoms with Gasteiger partial charge in [0.05, 0.1) is 24.5 Å². The largest absolute Gasteiger partial charge is 0.380 e. The molecule has 0 saturated carbocycles. The SMILES string of the molecule is CCCOCCN1C(=O)CNc2ccccc21. The Bertz CT molecular complexity index is 393. The molecule has 1 aromatic rings. The number of carbonyl (C=O) groups is 1. The lowest BCUT2D eigenvalue weighted by Crippen LogP contribution is -2.41. The first-order valence-corrected chi connectivity index (χ1v) is 6.04. The Morgan fingerprint density at radius 2 is 2.18 bits per heavy atom. The van der Waals surface area contributed by atoms with Gasteiger partial charge in [-0.1, -0.05) is 19.1 Å². The van der Waals surface area contributed by atoms with Crippen molar-refractivity contribution in [2.45, 2.75) is 13.3 Å². The molecule has 0 radical (unpaired) electrons. The van der Waals surface area contributed by atoms with E-state index in [-0.39, 0.29) is 5.91 Å². The number of nitrogens with zero attached hydrogens (tertiary/aromatic N) is 1. The minimum absolute atomic E-state index is 0.101. The summed E-state index contributed by atoms with van der Waals surface area (Å²) < 4.78 is 5.43. The first-order valence-electron chi connectivity index (χ1n) is 6.04. The summed E-state index contributed by atoms with van der Waals surface area (Å²) in [6, 6.07) is 7.85.